The molecule has 7 heteroatoms. The predicted octanol–water partition coefficient (Wildman–Crippen LogP) is 0.243. The van der Waals surface area contributed by atoms with Gasteiger partial charge in [-0.2, -0.15) is 0 Å². The third-order valence-corrected chi connectivity index (χ3v) is 2.70. The Balaban J connectivity index is 2.31. The monoisotopic (exact) mass is 278 g/mol. The summed E-state index contributed by atoms with van der Waals surface area (Å²) in [4.78, 5) is 35.6. The SMILES string of the molecule is C#CCNC(=O)CN1C(=O)C(=O)c2cc(F)c(F)cc21. The number of anilines is 1. The van der Waals surface area contributed by atoms with Gasteiger partial charge in [0.2, 0.25) is 5.91 Å². The highest BCUT2D eigenvalue weighted by Gasteiger charge is 2.37. The number of halogens is 2. The van der Waals surface area contributed by atoms with Crippen LogP contribution in [0.4, 0.5) is 14.5 Å². The number of Topliss-reactive ketones (excluding diaryl/α,β-unsaturated/α-hetero) is 1. The predicted molar refractivity (Wildman–Crippen MR) is 64.9 cm³/mol. The maximum Gasteiger partial charge on any atom is 0.299 e. The first-order valence-electron chi connectivity index (χ1n) is 5.51. The highest BCUT2D eigenvalue weighted by Crippen LogP contribution is 2.30. The molecule has 1 aliphatic rings. The molecular weight excluding hydrogens is 270 g/mol. The Morgan fingerprint density at radius 3 is 2.60 bits per heavy atom. The average molecular weight is 278 g/mol. The zero-order valence-corrected chi connectivity index (χ0v) is 10.1. The van der Waals surface area contributed by atoms with Crippen LogP contribution in [0.2, 0.25) is 0 Å². The number of fused-ring (bicyclic) bond motifs is 1. The zero-order valence-electron chi connectivity index (χ0n) is 10.1. The van der Waals surface area contributed by atoms with Crippen LogP contribution in [0.25, 0.3) is 0 Å². The van der Waals surface area contributed by atoms with Crippen molar-refractivity contribution in [3.05, 3.63) is 29.3 Å². The number of hydrogen-bond donors (Lipinski definition) is 1. The molecule has 0 radical (unpaired) electrons. The second kappa shape index (κ2) is 5.09. The molecule has 0 aromatic heterocycles. The molecule has 1 aromatic rings. The summed E-state index contributed by atoms with van der Waals surface area (Å²) < 4.78 is 26.3. The lowest BCUT2D eigenvalue weighted by Gasteiger charge is -2.15. The molecular formula is C13H8F2N2O3. The van der Waals surface area contributed by atoms with Gasteiger partial charge in [0.05, 0.1) is 17.8 Å². The molecule has 0 saturated carbocycles. The van der Waals surface area contributed by atoms with Crippen LogP contribution in [0.1, 0.15) is 10.4 Å². The van der Waals surface area contributed by atoms with Gasteiger partial charge >= 0.3 is 0 Å². The Morgan fingerprint density at radius 1 is 1.30 bits per heavy atom. The Hall–Kier alpha value is -2.75. The number of hydrogen-bond acceptors (Lipinski definition) is 3. The zero-order chi connectivity index (χ0) is 14.9. The summed E-state index contributed by atoms with van der Waals surface area (Å²) >= 11 is 0. The number of nitrogens with one attached hydrogen (secondary N) is 1. The minimum Gasteiger partial charge on any atom is -0.344 e. The summed E-state index contributed by atoms with van der Waals surface area (Å²) in [6.07, 6.45) is 4.96. The van der Waals surface area contributed by atoms with Gasteiger partial charge < -0.3 is 5.32 Å². The molecule has 0 aliphatic carbocycles. The van der Waals surface area contributed by atoms with Gasteiger partial charge in [-0.15, -0.1) is 6.42 Å². The van der Waals surface area contributed by atoms with E-state index in [1.54, 1.807) is 0 Å². The minimum absolute atomic E-state index is 0.0422. The molecule has 0 spiro atoms. The van der Waals surface area contributed by atoms with Crippen molar-refractivity contribution in [1.82, 2.24) is 5.32 Å². The van der Waals surface area contributed by atoms with Crippen molar-refractivity contribution in [3.63, 3.8) is 0 Å². The number of ketones is 1. The van der Waals surface area contributed by atoms with Crippen molar-refractivity contribution < 1.29 is 23.2 Å². The number of rotatable bonds is 3. The molecule has 1 aromatic carbocycles. The fraction of sp³-hybridized carbons (Fsp3) is 0.154. The molecule has 102 valence electrons. The average Bonchev–Trinajstić information content (AvgIpc) is 2.63. The fourth-order valence-electron chi connectivity index (χ4n) is 1.79. The summed E-state index contributed by atoms with van der Waals surface area (Å²) in [7, 11) is 0. The van der Waals surface area contributed by atoms with E-state index in [9.17, 15) is 23.2 Å². The summed E-state index contributed by atoms with van der Waals surface area (Å²) in [6.45, 7) is -0.538. The van der Waals surface area contributed by atoms with E-state index in [0.717, 1.165) is 4.90 Å². The first kappa shape index (κ1) is 13.7. The highest BCUT2D eigenvalue weighted by molar-refractivity contribution is 6.52. The van der Waals surface area contributed by atoms with Gasteiger partial charge in [0.25, 0.3) is 11.7 Å². The standard InChI is InChI=1S/C13H8F2N2O3/c1-2-3-16-11(18)6-17-10-5-9(15)8(14)4-7(10)12(19)13(17)20/h1,4-5H,3,6H2,(H,16,18). The Morgan fingerprint density at radius 2 is 1.95 bits per heavy atom. The van der Waals surface area contributed by atoms with E-state index in [1.807, 2.05) is 0 Å². The molecule has 5 nitrogen and oxygen atoms in total. The lowest BCUT2D eigenvalue weighted by Crippen LogP contribution is -2.40. The summed E-state index contributed by atoms with van der Waals surface area (Å²) in [5.74, 6) is -2.88. The van der Waals surface area contributed by atoms with Crippen LogP contribution in [-0.4, -0.2) is 30.7 Å². The molecule has 2 amide bonds. The maximum absolute atomic E-state index is 13.2. The molecule has 2 rings (SSSR count). The molecule has 0 saturated heterocycles. The van der Waals surface area contributed by atoms with Gasteiger partial charge in [-0.25, -0.2) is 8.78 Å². The molecule has 0 unspecified atom stereocenters. The minimum atomic E-state index is -1.23. The van der Waals surface area contributed by atoms with E-state index < -0.39 is 35.8 Å². The van der Waals surface area contributed by atoms with Gasteiger partial charge in [0.15, 0.2) is 11.6 Å². The third kappa shape index (κ3) is 2.23. The van der Waals surface area contributed by atoms with E-state index in [2.05, 4.69) is 11.2 Å². The van der Waals surface area contributed by atoms with Crippen molar-refractivity contribution in [2.24, 2.45) is 0 Å². The van der Waals surface area contributed by atoms with Crippen molar-refractivity contribution in [3.8, 4) is 12.3 Å². The van der Waals surface area contributed by atoms with Crippen LogP contribution in [-0.2, 0) is 9.59 Å². The number of nitrogens with zero attached hydrogens (tertiary/aromatic N) is 1. The number of terminal acetylenes is 1. The van der Waals surface area contributed by atoms with Crippen molar-refractivity contribution in [2.45, 2.75) is 0 Å². The largest absolute Gasteiger partial charge is 0.344 e. The van der Waals surface area contributed by atoms with Gasteiger partial charge in [0, 0.05) is 6.07 Å². The molecule has 0 atom stereocenters. The Kier molecular flexibility index (Phi) is 3.48. The van der Waals surface area contributed by atoms with Crippen LogP contribution in [0.15, 0.2) is 12.1 Å². The summed E-state index contributed by atoms with van der Waals surface area (Å²) in [5.41, 5.74) is -0.395. The highest BCUT2D eigenvalue weighted by atomic mass is 19.2. The number of amides is 2. The van der Waals surface area contributed by atoms with Crippen LogP contribution >= 0.6 is 0 Å². The van der Waals surface area contributed by atoms with Crippen molar-refractivity contribution in [2.75, 3.05) is 18.0 Å². The molecule has 1 heterocycles. The third-order valence-electron chi connectivity index (χ3n) is 2.70. The first-order chi connectivity index (χ1) is 9.45. The molecule has 1 N–H and O–H groups in total. The van der Waals surface area contributed by atoms with E-state index in [1.165, 1.54) is 0 Å². The fourth-order valence-corrected chi connectivity index (χ4v) is 1.79. The number of benzene rings is 1. The Bertz CT molecular complexity index is 664. The van der Waals surface area contributed by atoms with E-state index in [4.69, 9.17) is 6.42 Å². The first-order valence-corrected chi connectivity index (χ1v) is 5.51. The molecule has 1 aliphatic heterocycles. The quantitative estimate of drug-likeness (QED) is 0.636. The second-order valence-corrected chi connectivity index (χ2v) is 3.98. The Labute approximate surface area is 112 Å². The van der Waals surface area contributed by atoms with Crippen molar-refractivity contribution in [1.29, 1.82) is 0 Å². The van der Waals surface area contributed by atoms with Crippen molar-refractivity contribution >= 4 is 23.3 Å². The van der Waals surface area contributed by atoms with Crippen LogP contribution in [0, 0.1) is 24.0 Å². The van der Waals surface area contributed by atoms with Gasteiger partial charge in [-0.3, -0.25) is 19.3 Å². The lowest BCUT2D eigenvalue weighted by atomic mass is 10.1. The van der Waals surface area contributed by atoms with E-state index in [0.29, 0.717) is 12.1 Å². The van der Waals surface area contributed by atoms with E-state index in [-0.39, 0.29) is 17.8 Å². The van der Waals surface area contributed by atoms with Gasteiger partial charge in [-0.05, 0) is 6.07 Å². The molecule has 0 bridgehead atoms. The normalized spacial score (nSPS) is 13.2. The van der Waals surface area contributed by atoms with Gasteiger partial charge in [0.1, 0.15) is 6.54 Å². The summed E-state index contributed by atoms with van der Waals surface area (Å²) in [5, 5.41) is 2.30. The van der Waals surface area contributed by atoms with Crippen LogP contribution < -0.4 is 10.2 Å². The molecule has 0 fully saturated rings. The van der Waals surface area contributed by atoms with Gasteiger partial charge in [-0.1, -0.05) is 5.92 Å². The number of carbonyl (C=O) groups is 3. The maximum atomic E-state index is 13.2. The molecule has 20 heavy (non-hydrogen) atoms. The smallest absolute Gasteiger partial charge is 0.299 e. The van der Waals surface area contributed by atoms with Crippen LogP contribution in [0.3, 0.4) is 0 Å². The van der Waals surface area contributed by atoms with Crippen LogP contribution in [0.5, 0.6) is 0 Å². The van der Waals surface area contributed by atoms with E-state index >= 15 is 0 Å². The lowest BCUT2D eigenvalue weighted by molar-refractivity contribution is -0.121. The topological polar surface area (TPSA) is 66.5 Å². The summed E-state index contributed by atoms with van der Waals surface area (Å²) in [6, 6.07) is 1.35. The second-order valence-electron chi connectivity index (χ2n) is 3.98. The number of carbonyl (C=O) groups excluding carboxylic acids is 3.